The second kappa shape index (κ2) is 10.4. The molecule has 0 saturated carbocycles. The van der Waals surface area contributed by atoms with Crippen molar-refractivity contribution < 1.29 is 32.9 Å². The molecule has 4 aromatic rings. The van der Waals surface area contributed by atoms with Gasteiger partial charge in [0.25, 0.3) is 0 Å². The van der Waals surface area contributed by atoms with Crippen LogP contribution in [0.1, 0.15) is 22.0 Å². The Kier molecular flexibility index (Phi) is 7.17. The van der Waals surface area contributed by atoms with Crippen LogP contribution >= 0.6 is 0 Å². The number of benzene rings is 3. The van der Waals surface area contributed by atoms with Gasteiger partial charge in [-0.05, 0) is 30.3 Å². The maximum Gasteiger partial charge on any atom is 0.191 e. The van der Waals surface area contributed by atoms with Gasteiger partial charge in [-0.3, -0.25) is 4.79 Å². The third-order valence-corrected chi connectivity index (χ3v) is 5.48. The van der Waals surface area contributed by atoms with Crippen LogP contribution in [0.15, 0.2) is 60.8 Å². The highest BCUT2D eigenvalue weighted by Gasteiger charge is 2.28. The molecular formula is C26H25F2N2O5+. The van der Waals surface area contributed by atoms with E-state index in [-0.39, 0.29) is 24.7 Å². The summed E-state index contributed by atoms with van der Waals surface area (Å²) in [7, 11) is 2.90. The highest BCUT2D eigenvalue weighted by atomic mass is 19.1. The fraction of sp³-hybridized carbons (Fsp3) is 0.192. The van der Waals surface area contributed by atoms with E-state index in [9.17, 15) is 13.6 Å². The van der Waals surface area contributed by atoms with E-state index >= 15 is 0 Å². The van der Waals surface area contributed by atoms with E-state index < -0.39 is 17.7 Å². The normalized spacial score (nSPS) is 11.8. The first-order chi connectivity index (χ1) is 16.9. The van der Waals surface area contributed by atoms with Crippen LogP contribution in [-0.2, 0) is 0 Å². The van der Waals surface area contributed by atoms with E-state index in [1.54, 1.807) is 18.2 Å². The lowest BCUT2D eigenvalue weighted by Crippen LogP contribution is -2.22. The summed E-state index contributed by atoms with van der Waals surface area (Å²) in [5.41, 5.74) is 1.72. The third kappa shape index (κ3) is 5.20. The van der Waals surface area contributed by atoms with Crippen molar-refractivity contribution in [1.29, 1.82) is 0 Å². The molecule has 4 N–H and O–H groups in total. The summed E-state index contributed by atoms with van der Waals surface area (Å²) >= 11 is 0. The Hall–Kier alpha value is -4.11. The molecule has 35 heavy (non-hydrogen) atoms. The van der Waals surface area contributed by atoms with Crippen LogP contribution in [0.2, 0.25) is 0 Å². The zero-order valence-electron chi connectivity index (χ0n) is 19.2. The van der Waals surface area contributed by atoms with E-state index in [1.807, 2.05) is 0 Å². The van der Waals surface area contributed by atoms with Gasteiger partial charge in [0.05, 0.1) is 14.2 Å². The van der Waals surface area contributed by atoms with Crippen LogP contribution in [0.5, 0.6) is 17.2 Å². The number of aromatic nitrogens is 1. The summed E-state index contributed by atoms with van der Waals surface area (Å²) in [6.07, 6.45) is 1.52. The molecule has 1 aromatic heterocycles. The topological polar surface area (TPSA) is 95.5 Å². The van der Waals surface area contributed by atoms with Crippen LogP contribution < -0.4 is 19.5 Å². The second-order valence-corrected chi connectivity index (χ2v) is 7.72. The molecule has 1 heterocycles. The first-order valence-corrected chi connectivity index (χ1v) is 10.8. The maximum absolute atomic E-state index is 13.9. The third-order valence-electron chi connectivity index (χ3n) is 5.48. The monoisotopic (exact) mass is 483 g/mol. The molecule has 0 radical (unpaired) electrons. The molecule has 182 valence electrons. The van der Waals surface area contributed by atoms with Gasteiger partial charge in [0.15, 0.2) is 19.0 Å². The molecule has 0 amide bonds. The molecule has 3 aromatic carbocycles. The molecule has 9 heteroatoms. The standard InChI is InChI=1S/C26H24F2N2O5/c1-33-18-11-17(12-19(13-18)35-8-7-31)30-25(21-6-4-16(28)10-24(21)34-2)26(32)22-14-29-23-9-15(27)3-5-20(22)23/h3-6,9-14,25,29-31H,7-8H2,1-2H3/p+1. The zero-order chi connectivity index (χ0) is 24.9. The lowest BCUT2D eigenvalue weighted by molar-refractivity contribution is 0.0970. The molecule has 0 spiro atoms. The van der Waals surface area contributed by atoms with Gasteiger partial charge >= 0.3 is 0 Å². The highest BCUT2D eigenvalue weighted by molar-refractivity contribution is 6.11. The second-order valence-electron chi connectivity index (χ2n) is 7.72. The van der Waals surface area contributed by atoms with E-state index in [2.05, 4.69) is 10.3 Å². The molecule has 1 atom stereocenters. The van der Waals surface area contributed by atoms with Crippen LogP contribution in [0, 0.1) is 11.6 Å². The maximum atomic E-state index is 13.9. The number of methoxy groups -OCH3 is 2. The minimum Gasteiger partial charge on any atom is -0.497 e. The van der Waals surface area contributed by atoms with E-state index in [0.717, 1.165) is 0 Å². The first-order valence-electron chi connectivity index (χ1n) is 10.8. The van der Waals surface area contributed by atoms with E-state index in [4.69, 9.17) is 19.3 Å². The van der Waals surface area contributed by atoms with Crippen LogP contribution in [0.25, 0.3) is 10.9 Å². The number of halogens is 2. The molecular weight excluding hydrogens is 458 g/mol. The van der Waals surface area contributed by atoms with Crippen molar-refractivity contribution >= 4 is 22.4 Å². The van der Waals surface area contributed by atoms with Crippen molar-refractivity contribution in [3.63, 3.8) is 0 Å². The summed E-state index contributed by atoms with van der Waals surface area (Å²) in [5, 5.41) is 11.1. The number of aromatic amines is 1. The lowest BCUT2D eigenvalue weighted by atomic mass is 9.95. The Morgan fingerprint density at radius 2 is 1.74 bits per heavy atom. The van der Waals surface area contributed by atoms with Gasteiger partial charge in [-0.25, -0.2) is 8.78 Å². The van der Waals surface area contributed by atoms with Crippen molar-refractivity contribution in [1.82, 2.24) is 4.98 Å². The van der Waals surface area contributed by atoms with Crippen molar-refractivity contribution in [2.24, 2.45) is 0 Å². The Balaban J connectivity index is 1.80. The fourth-order valence-corrected chi connectivity index (χ4v) is 3.86. The highest BCUT2D eigenvalue weighted by Crippen LogP contribution is 2.35. The molecule has 0 saturated heterocycles. The Morgan fingerprint density at radius 1 is 1.00 bits per heavy atom. The number of H-pyrrole nitrogens is 1. The SMILES string of the molecule is COc1cc(NC(C(=O)c2c[nH]c3cc(F)ccc23)c2ccc(F)cc2OC)cc(OCC[OH2+])c1. The van der Waals surface area contributed by atoms with Crippen molar-refractivity contribution in [2.75, 3.05) is 32.8 Å². The molecule has 4 rings (SSSR count). The average molecular weight is 483 g/mol. The number of Topliss-reactive ketones (excluding diaryl/α,β-unsaturated/α-hetero) is 1. The predicted octanol–water partition coefficient (Wildman–Crippen LogP) is 4.60. The number of fused-ring (bicyclic) bond motifs is 1. The minimum atomic E-state index is -0.995. The minimum absolute atomic E-state index is 0.0784. The largest absolute Gasteiger partial charge is 0.497 e. The van der Waals surface area contributed by atoms with Gasteiger partial charge < -0.3 is 29.6 Å². The number of ketones is 1. The first kappa shape index (κ1) is 24.0. The summed E-state index contributed by atoms with van der Waals surface area (Å²) in [4.78, 5) is 16.8. The number of hydrogen-bond donors (Lipinski definition) is 2. The van der Waals surface area contributed by atoms with E-state index in [1.165, 1.54) is 56.8 Å². The van der Waals surface area contributed by atoms with Crippen LogP contribution in [-0.4, -0.2) is 43.3 Å². The lowest BCUT2D eigenvalue weighted by Gasteiger charge is -2.22. The van der Waals surface area contributed by atoms with Gasteiger partial charge in [-0.15, -0.1) is 0 Å². The molecule has 0 fully saturated rings. The fourth-order valence-electron chi connectivity index (χ4n) is 3.86. The van der Waals surface area contributed by atoms with Gasteiger partial charge in [0.2, 0.25) is 0 Å². The molecule has 0 aliphatic rings. The van der Waals surface area contributed by atoms with Crippen molar-refractivity contribution in [2.45, 2.75) is 6.04 Å². The number of anilines is 1. The number of carbonyl (C=O) groups is 1. The summed E-state index contributed by atoms with van der Waals surface area (Å²) in [5.74, 6) is -0.148. The molecule has 1 unspecified atom stereocenters. The summed E-state index contributed by atoms with van der Waals surface area (Å²) < 4.78 is 43.9. The predicted molar refractivity (Wildman–Crippen MR) is 129 cm³/mol. The van der Waals surface area contributed by atoms with Gasteiger partial charge in [0, 0.05) is 58.2 Å². The van der Waals surface area contributed by atoms with E-state index in [0.29, 0.717) is 39.2 Å². The molecule has 0 aliphatic carbocycles. The Labute approximate surface area is 200 Å². The Bertz CT molecular complexity index is 1360. The van der Waals surface area contributed by atoms with Crippen LogP contribution in [0.3, 0.4) is 0 Å². The average Bonchev–Trinajstić information content (AvgIpc) is 3.28. The quantitative estimate of drug-likeness (QED) is 0.254. The smallest absolute Gasteiger partial charge is 0.191 e. The molecule has 0 bridgehead atoms. The Morgan fingerprint density at radius 3 is 2.49 bits per heavy atom. The van der Waals surface area contributed by atoms with Gasteiger partial charge in [-0.2, -0.15) is 0 Å². The molecule has 7 nitrogen and oxygen atoms in total. The van der Waals surface area contributed by atoms with Gasteiger partial charge in [0.1, 0.15) is 34.9 Å². The van der Waals surface area contributed by atoms with Gasteiger partial charge in [-0.1, -0.05) is 0 Å². The molecule has 0 aliphatic heterocycles. The van der Waals surface area contributed by atoms with Crippen molar-refractivity contribution in [3.8, 4) is 17.2 Å². The summed E-state index contributed by atoms with van der Waals surface area (Å²) in [6, 6.07) is 12.1. The summed E-state index contributed by atoms with van der Waals surface area (Å²) in [6.45, 7) is 0.266. The number of carbonyl (C=O) groups excluding carboxylic acids is 1. The van der Waals surface area contributed by atoms with Crippen molar-refractivity contribution in [3.05, 3.63) is 83.6 Å². The van der Waals surface area contributed by atoms with Crippen LogP contribution in [0.4, 0.5) is 14.5 Å². The number of hydrogen-bond acceptors (Lipinski definition) is 5. The number of rotatable bonds is 10. The number of ether oxygens (including phenoxy) is 3. The number of nitrogens with one attached hydrogen (secondary N) is 2. The zero-order valence-corrected chi connectivity index (χ0v) is 19.2.